The van der Waals surface area contributed by atoms with Crippen LogP contribution in [0.4, 0.5) is 17.6 Å². The molecule has 4 rings (SSSR count). The number of H-pyrrole nitrogens is 1. The molecule has 0 aliphatic heterocycles. The fourth-order valence-corrected chi connectivity index (χ4v) is 7.95. The quantitative estimate of drug-likeness (QED) is 0.0373. The number of para-hydroxylation sites is 1. The molecule has 69 heavy (non-hydrogen) atoms. The number of aliphatic hydroxyl groups is 1. The Morgan fingerprint density at radius 2 is 1.33 bits per heavy atom. The molecular formula is C43H48F4N8O13S. The number of primary amides is 1. The van der Waals surface area contributed by atoms with Crippen molar-refractivity contribution in [3.05, 3.63) is 102 Å². The molecule has 0 spiro atoms. The number of nitrogens with two attached hydrogens (primary N) is 1. The highest BCUT2D eigenvalue weighted by molar-refractivity contribution is 7.89. The summed E-state index contributed by atoms with van der Waals surface area (Å²) >= 11 is 0. The maximum atomic E-state index is 14.3. The van der Waals surface area contributed by atoms with Gasteiger partial charge in [-0.05, 0) is 72.9 Å². The highest BCUT2D eigenvalue weighted by atomic mass is 32.2. The summed E-state index contributed by atoms with van der Waals surface area (Å²) in [5, 5.41) is 40.3. The Morgan fingerprint density at radius 3 is 1.94 bits per heavy atom. The van der Waals surface area contributed by atoms with Gasteiger partial charge in [-0.15, -0.1) is 0 Å². The number of halogens is 4. The van der Waals surface area contributed by atoms with Gasteiger partial charge in [-0.25, -0.2) is 12.8 Å². The smallest absolute Gasteiger partial charge is 0.416 e. The SMILES string of the molecule is NC(=O)[C@H](CCC(=O)O)NC(=O)[C@H](Cc1c[nH]c2ccccc12)NC(=O)[C@H](Cc1cccc(F)c1)NC(=O)CNC(=O)[C@H](CCCO)NC(=O)[C@@H](CC(=O)O)NS(=O)(=O)c1ccc(C(F)(F)F)cc1. The number of rotatable bonds is 26. The normalized spacial score (nSPS) is 13.8. The van der Waals surface area contributed by atoms with E-state index in [4.69, 9.17) is 10.8 Å². The number of carbonyl (C=O) groups is 8. The second kappa shape index (κ2) is 24.5. The van der Waals surface area contributed by atoms with Gasteiger partial charge >= 0.3 is 18.1 Å². The first-order chi connectivity index (χ1) is 32.5. The molecule has 0 bridgehead atoms. The second-order valence-electron chi connectivity index (χ2n) is 15.4. The van der Waals surface area contributed by atoms with Crippen LogP contribution in [0.1, 0.15) is 48.8 Å². The number of alkyl halides is 3. The summed E-state index contributed by atoms with van der Waals surface area (Å²) in [5.41, 5.74) is 5.58. The van der Waals surface area contributed by atoms with Crippen molar-refractivity contribution in [2.45, 2.75) is 86.2 Å². The zero-order valence-electron chi connectivity index (χ0n) is 36.2. The van der Waals surface area contributed by atoms with E-state index in [-0.39, 0.29) is 24.8 Å². The maximum absolute atomic E-state index is 14.3. The fourth-order valence-electron chi connectivity index (χ4n) is 6.75. The highest BCUT2D eigenvalue weighted by Crippen LogP contribution is 2.30. The van der Waals surface area contributed by atoms with Crippen LogP contribution in [-0.2, 0) is 67.4 Å². The Kier molecular flexibility index (Phi) is 19.3. The molecule has 0 radical (unpaired) electrons. The first-order valence-electron chi connectivity index (χ1n) is 20.8. The van der Waals surface area contributed by atoms with E-state index >= 15 is 0 Å². The van der Waals surface area contributed by atoms with Gasteiger partial charge in [0.1, 0.15) is 36.0 Å². The van der Waals surface area contributed by atoms with Crippen LogP contribution in [0.25, 0.3) is 10.9 Å². The third-order valence-corrected chi connectivity index (χ3v) is 11.7. The number of hydrogen-bond donors (Lipinski definition) is 11. The Morgan fingerprint density at radius 1 is 0.710 bits per heavy atom. The van der Waals surface area contributed by atoms with Crippen LogP contribution < -0.4 is 37.0 Å². The summed E-state index contributed by atoms with van der Waals surface area (Å²) in [7, 11) is -4.85. The van der Waals surface area contributed by atoms with Crippen molar-refractivity contribution in [2.24, 2.45) is 5.73 Å². The summed E-state index contributed by atoms with van der Waals surface area (Å²) < 4.78 is 81.3. The van der Waals surface area contributed by atoms with Gasteiger partial charge in [0.2, 0.25) is 45.5 Å². The van der Waals surface area contributed by atoms with E-state index in [0.29, 0.717) is 40.7 Å². The molecule has 6 amide bonds. The predicted octanol–water partition coefficient (Wildman–Crippen LogP) is 0.111. The largest absolute Gasteiger partial charge is 0.481 e. The molecule has 0 aliphatic carbocycles. The molecule has 0 fully saturated rings. The van der Waals surface area contributed by atoms with Gasteiger partial charge in [-0.2, -0.15) is 17.9 Å². The monoisotopic (exact) mass is 992 g/mol. The van der Waals surface area contributed by atoms with Crippen LogP contribution >= 0.6 is 0 Å². The Hall–Kier alpha value is -7.45. The van der Waals surface area contributed by atoms with E-state index in [0.717, 1.165) is 12.1 Å². The fraction of sp³-hybridized carbons (Fsp3) is 0.349. The third kappa shape index (κ3) is 16.7. The number of carbonyl (C=O) groups excluding carboxylic acids is 6. The second-order valence-corrected chi connectivity index (χ2v) is 17.1. The minimum absolute atomic E-state index is 0.172. The molecule has 12 N–H and O–H groups in total. The number of aromatic nitrogens is 1. The predicted molar refractivity (Wildman–Crippen MR) is 233 cm³/mol. The van der Waals surface area contributed by atoms with E-state index in [9.17, 15) is 74.5 Å². The molecular weight excluding hydrogens is 945 g/mol. The third-order valence-electron chi connectivity index (χ3n) is 10.2. The maximum Gasteiger partial charge on any atom is 0.416 e. The van der Waals surface area contributed by atoms with Gasteiger partial charge in [0.05, 0.1) is 23.4 Å². The molecule has 26 heteroatoms. The first kappa shape index (κ1) is 54.2. The van der Waals surface area contributed by atoms with Crippen molar-refractivity contribution in [1.29, 1.82) is 0 Å². The van der Waals surface area contributed by atoms with Crippen LogP contribution in [0.15, 0.2) is 83.9 Å². The van der Waals surface area contributed by atoms with E-state index < -0.39 is 149 Å². The topological polar surface area (TPSA) is 345 Å². The van der Waals surface area contributed by atoms with Crippen LogP contribution in [0, 0.1) is 5.82 Å². The minimum atomic E-state index is -4.85. The van der Waals surface area contributed by atoms with Crippen molar-refractivity contribution in [3.8, 4) is 0 Å². The summed E-state index contributed by atoms with van der Waals surface area (Å²) in [6.07, 6.45) is -6.59. The number of carboxylic acid groups (broad SMARTS) is 2. The number of aliphatic hydroxyl groups excluding tert-OH is 1. The van der Waals surface area contributed by atoms with Gasteiger partial charge in [0.15, 0.2) is 0 Å². The Balaban J connectivity index is 1.54. The number of aromatic amines is 1. The molecule has 0 aliphatic rings. The van der Waals surface area contributed by atoms with Gasteiger partial charge in [-0.3, -0.25) is 38.4 Å². The molecule has 0 saturated heterocycles. The lowest BCUT2D eigenvalue weighted by Gasteiger charge is -2.25. The molecule has 3 aromatic carbocycles. The lowest BCUT2D eigenvalue weighted by atomic mass is 10.0. The molecule has 5 atom stereocenters. The number of amides is 6. The van der Waals surface area contributed by atoms with Gasteiger partial charge < -0.3 is 52.6 Å². The molecule has 1 heterocycles. The Bertz CT molecular complexity index is 2630. The standard InChI is InChI=1S/C43H48F4N8O13S/c44-26-6-3-5-23(17-26)18-32(40(64)54-33(19-24-21-49-29-8-2-1-7-28(24)29)41(65)52-30(38(48)62)14-15-36(58)59)51-35(57)22-50-39(63)31(9-4-16-56)53-42(66)34(20-37(60)61)55-69(67,68)27-12-10-25(11-13-27)43(45,46)47/h1-3,5-8,10-13,17,21,30-34,49,55-56H,4,9,14-16,18-20,22H2,(H2,48,62)(H,50,63)(H,51,57)(H,52,65)(H,53,66)(H,54,64)(H,58,59)(H,60,61)/t30-,31-,32-,33-,34+/m0/s1. The van der Waals surface area contributed by atoms with Crippen molar-refractivity contribution < 1.29 is 79.7 Å². The molecule has 4 aromatic rings. The van der Waals surface area contributed by atoms with Crippen LogP contribution in [-0.4, -0.2) is 119 Å². The van der Waals surface area contributed by atoms with E-state index in [1.807, 2.05) is 0 Å². The van der Waals surface area contributed by atoms with Crippen LogP contribution in [0.5, 0.6) is 0 Å². The number of carboxylic acids is 2. The molecule has 1 aromatic heterocycles. The highest BCUT2D eigenvalue weighted by Gasteiger charge is 2.35. The summed E-state index contributed by atoms with van der Waals surface area (Å²) in [5.74, 6) is -10.4. The minimum Gasteiger partial charge on any atom is -0.481 e. The zero-order chi connectivity index (χ0) is 51.1. The van der Waals surface area contributed by atoms with Crippen molar-refractivity contribution in [1.82, 2.24) is 36.3 Å². The van der Waals surface area contributed by atoms with E-state index in [2.05, 4.69) is 31.6 Å². The summed E-state index contributed by atoms with van der Waals surface area (Å²) in [6.45, 7) is -1.47. The zero-order valence-corrected chi connectivity index (χ0v) is 37.0. The summed E-state index contributed by atoms with van der Waals surface area (Å²) in [4.78, 5) is 105. The first-order valence-corrected chi connectivity index (χ1v) is 22.3. The van der Waals surface area contributed by atoms with E-state index in [1.54, 1.807) is 35.2 Å². The Labute approximate surface area is 390 Å². The lowest BCUT2D eigenvalue weighted by molar-refractivity contribution is -0.140. The molecule has 0 saturated carbocycles. The van der Waals surface area contributed by atoms with Crippen molar-refractivity contribution in [3.63, 3.8) is 0 Å². The van der Waals surface area contributed by atoms with Gasteiger partial charge in [-0.1, -0.05) is 30.3 Å². The molecule has 0 unspecified atom stereocenters. The molecule has 21 nitrogen and oxygen atoms in total. The number of sulfonamides is 1. The average Bonchev–Trinajstić information content (AvgIpc) is 3.69. The van der Waals surface area contributed by atoms with Gasteiger partial charge in [0, 0.05) is 43.0 Å². The van der Waals surface area contributed by atoms with Crippen LogP contribution in [0.2, 0.25) is 0 Å². The number of nitrogens with one attached hydrogen (secondary N) is 7. The number of aliphatic carboxylic acids is 2. The van der Waals surface area contributed by atoms with Crippen molar-refractivity contribution >= 4 is 68.3 Å². The van der Waals surface area contributed by atoms with Crippen molar-refractivity contribution in [2.75, 3.05) is 13.2 Å². The average molecular weight is 993 g/mol. The molecule has 372 valence electrons. The number of fused-ring (bicyclic) bond motifs is 1. The van der Waals surface area contributed by atoms with Gasteiger partial charge in [0.25, 0.3) is 0 Å². The number of benzene rings is 3. The lowest BCUT2D eigenvalue weighted by Crippen LogP contribution is -2.58. The van der Waals surface area contributed by atoms with E-state index in [1.165, 1.54) is 12.1 Å². The number of hydrogen-bond acceptors (Lipinski definition) is 11. The van der Waals surface area contributed by atoms with Crippen LogP contribution in [0.3, 0.4) is 0 Å². The summed E-state index contributed by atoms with van der Waals surface area (Å²) in [6, 6.07) is 5.43.